The molecule has 2 amide bonds. The van der Waals surface area contributed by atoms with Gasteiger partial charge in [0.15, 0.2) is 11.5 Å². The van der Waals surface area contributed by atoms with E-state index < -0.39 is 0 Å². The molecule has 0 fully saturated rings. The molecule has 0 radical (unpaired) electrons. The first-order valence-electron chi connectivity index (χ1n) is 10.8. The Morgan fingerprint density at radius 2 is 1.64 bits per heavy atom. The SMILES string of the molecule is CCc1cccc2c1[nH]c1c(C)cc(NC(=O)Nc3cc(OC)c(OC)c(OC)c3)c(C)c12. The lowest BCUT2D eigenvalue weighted by Gasteiger charge is -2.16. The Kier molecular flexibility index (Phi) is 6.05. The Morgan fingerprint density at radius 3 is 2.24 bits per heavy atom. The van der Waals surface area contributed by atoms with Gasteiger partial charge in [-0.15, -0.1) is 0 Å². The number of amides is 2. The number of aromatic amines is 1. The molecule has 1 aromatic heterocycles. The maximum Gasteiger partial charge on any atom is 0.323 e. The van der Waals surface area contributed by atoms with E-state index >= 15 is 0 Å². The smallest absolute Gasteiger partial charge is 0.323 e. The summed E-state index contributed by atoms with van der Waals surface area (Å²) in [4.78, 5) is 16.5. The summed E-state index contributed by atoms with van der Waals surface area (Å²) in [5, 5.41) is 8.16. The first-order chi connectivity index (χ1) is 15.9. The van der Waals surface area contributed by atoms with Crippen molar-refractivity contribution in [2.24, 2.45) is 0 Å². The molecule has 3 N–H and O–H groups in total. The number of aromatic nitrogens is 1. The lowest BCUT2D eigenvalue weighted by Crippen LogP contribution is -2.20. The summed E-state index contributed by atoms with van der Waals surface area (Å²) < 4.78 is 16.1. The van der Waals surface area contributed by atoms with Crippen molar-refractivity contribution in [3.05, 3.63) is 53.1 Å². The summed E-state index contributed by atoms with van der Waals surface area (Å²) in [6, 6.07) is 11.4. The summed E-state index contributed by atoms with van der Waals surface area (Å²) in [5.41, 5.74) is 6.88. The molecular formula is C26H29N3O4. The van der Waals surface area contributed by atoms with Gasteiger partial charge in [0.2, 0.25) is 5.75 Å². The van der Waals surface area contributed by atoms with Gasteiger partial charge in [-0.3, -0.25) is 0 Å². The van der Waals surface area contributed by atoms with Crippen LogP contribution < -0.4 is 24.8 Å². The lowest BCUT2D eigenvalue weighted by atomic mass is 10.0. The van der Waals surface area contributed by atoms with Crippen molar-refractivity contribution in [1.29, 1.82) is 0 Å². The molecule has 0 aliphatic carbocycles. The van der Waals surface area contributed by atoms with Crippen LogP contribution in [0.15, 0.2) is 36.4 Å². The number of carbonyl (C=O) groups is 1. The monoisotopic (exact) mass is 447 g/mol. The van der Waals surface area contributed by atoms with Gasteiger partial charge in [0, 0.05) is 39.6 Å². The van der Waals surface area contributed by atoms with Crippen LogP contribution in [-0.2, 0) is 6.42 Å². The number of H-pyrrole nitrogens is 1. The van der Waals surface area contributed by atoms with E-state index in [2.05, 4.69) is 40.7 Å². The highest BCUT2D eigenvalue weighted by molar-refractivity contribution is 6.13. The van der Waals surface area contributed by atoms with E-state index in [1.165, 1.54) is 32.3 Å². The second-order valence-electron chi connectivity index (χ2n) is 7.93. The molecule has 0 spiro atoms. The van der Waals surface area contributed by atoms with Gasteiger partial charge in [-0.1, -0.05) is 25.1 Å². The van der Waals surface area contributed by atoms with Crippen LogP contribution in [0, 0.1) is 13.8 Å². The molecule has 4 rings (SSSR count). The fourth-order valence-electron chi connectivity index (χ4n) is 4.36. The highest BCUT2D eigenvalue weighted by Gasteiger charge is 2.17. The van der Waals surface area contributed by atoms with E-state index in [4.69, 9.17) is 14.2 Å². The second-order valence-corrected chi connectivity index (χ2v) is 7.93. The Hall–Kier alpha value is -3.87. The number of aryl methyl sites for hydroxylation is 3. The molecule has 172 valence electrons. The van der Waals surface area contributed by atoms with Crippen molar-refractivity contribution in [3.8, 4) is 17.2 Å². The van der Waals surface area contributed by atoms with Gasteiger partial charge in [-0.25, -0.2) is 4.79 Å². The molecule has 0 saturated carbocycles. The van der Waals surface area contributed by atoms with Crippen LogP contribution in [0.2, 0.25) is 0 Å². The normalized spacial score (nSPS) is 11.0. The molecular weight excluding hydrogens is 418 g/mol. The highest BCUT2D eigenvalue weighted by atomic mass is 16.5. The summed E-state index contributed by atoms with van der Waals surface area (Å²) >= 11 is 0. The number of para-hydroxylation sites is 1. The van der Waals surface area contributed by atoms with E-state index in [1.807, 2.05) is 19.9 Å². The van der Waals surface area contributed by atoms with Crippen LogP contribution in [0.25, 0.3) is 21.8 Å². The minimum Gasteiger partial charge on any atom is -0.493 e. The molecule has 7 nitrogen and oxygen atoms in total. The fourth-order valence-corrected chi connectivity index (χ4v) is 4.36. The van der Waals surface area contributed by atoms with Gasteiger partial charge in [-0.2, -0.15) is 0 Å². The van der Waals surface area contributed by atoms with Gasteiger partial charge in [0.05, 0.1) is 27.0 Å². The van der Waals surface area contributed by atoms with Gasteiger partial charge in [0.1, 0.15) is 0 Å². The largest absolute Gasteiger partial charge is 0.493 e. The Bertz CT molecular complexity index is 1330. The molecule has 3 aromatic carbocycles. The number of urea groups is 1. The molecule has 4 aromatic rings. The predicted molar refractivity (Wildman–Crippen MR) is 133 cm³/mol. The number of methoxy groups -OCH3 is 3. The van der Waals surface area contributed by atoms with E-state index in [9.17, 15) is 4.79 Å². The molecule has 33 heavy (non-hydrogen) atoms. The summed E-state index contributed by atoms with van der Waals surface area (Å²) in [5.74, 6) is 1.39. The number of nitrogens with one attached hydrogen (secondary N) is 3. The van der Waals surface area contributed by atoms with Crippen molar-refractivity contribution in [1.82, 2.24) is 4.98 Å². The van der Waals surface area contributed by atoms with Crippen molar-refractivity contribution in [2.75, 3.05) is 32.0 Å². The summed E-state index contributed by atoms with van der Waals surface area (Å²) in [7, 11) is 4.61. The van der Waals surface area contributed by atoms with Gasteiger partial charge in [0.25, 0.3) is 0 Å². The molecule has 0 bridgehead atoms. The standard InChI is InChI=1S/C26H29N3O4/c1-7-16-9-8-10-18-22-15(3)19(11-14(2)23(22)29-24(16)18)28-26(30)27-17-12-20(31-4)25(33-6)21(13-17)32-5/h8-13,29H,7H2,1-6H3,(H2,27,28,30). The molecule has 1 heterocycles. The second kappa shape index (κ2) is 8.94. The Morgan fingerprint density at radius 1 is 0.939 bits per heavy atom. The summed E-state index contributed by atoms with van der Waals surface area (Å²) in [6.45, 7) is 6.23. The van der Waals surface area contributed by atoms with Crippen molar-refractivity contribution < 1.29 is 19.0 Å². The van der Waals surface area contributed by atoms with Gasteiger partial charge >= 0.3 is 6.03 Å². The number of rotatable bonds is 6. The van der Waals surface area contributed by atoms with Crippen LogP contribution in [0.1, 0.15) is 23.6 Å². The maximum atomic E-state index is 12.9. The number of benzene rings is 3. The van der Waals surface area contributed by atoms with Crippen molar-refractivity contribution >= 4 is 39.2 Å². The zero-order chi connectivity index (χ0) is 23.7. The number of carbonyl (C=O) groups excluding carboxylic acids is 1. The average molecular weight is 448 g/mol. The van der Waals surface area contributed by atoms with Gasteiger partial charge in [-0.05, 0) is 43.0 Å². The fraction of sp³-hybridized carbons (Fsp3) is 0.269. The van der Waals surface area contributed by atoms with E-state index in [-0.39, 0.29) is 6.03 Å². The Labute approximate surface area is 193 Å². The van der Waals surface area contributed by atoms with Crippen LogP contribution in [0.5, 0.6) is 17.2 Å². The lowest BCUT2D eigenvalue weighted by molar-refractivity contribution is 0.262. The van der Waals surface area contributed by atoms with Crippen LogP contribution >= 0.6 is 0 Å². The van der Waals surface area contributed by atoms with E-state index in [0.717, 1.165) is 39.7 Å². The molecule has 0 unspecified atom stereocenters. The van der Waals surface area contributed by atoms with Crippen LogP contribution in [-0.4, -0.2) is 32.3 Å². The topological polar surface area (TPSA) is 84.6 Å². The molecule has 0 atom stereocenters. The first-order valence-corrected chi connectivity index (χ1v) is 10.8. The van der Waals surface area contributed by atoms with Crippen LogP contribution in [0.4, 0.5) is 16.2 Å². The van der Waals surface area contributed by atoms with E-state index in [1.54, 1.807) is 12.1 Å². The van der Waals surface area contributed by atoms with Crippen LogP contribution in [0.3, 0.4) is 0 Å². The van der Waals surface area contributed by atoms with Crippen molar-refractivity contribution in [3.63, 3.8) is 0 Å². The molecule has 0 aliphatic heterocycles. The number of anilines is 2. The highest BCUT2D eigenvalue weighted by Crippen LogP contribution is 2.40. The third kappa shape index (κ3) is 3.91. The first kappa shape index (κ1) is 22.3. The zero-order valence-electron chi connectivity index (χ0n) is 19.8. The Balaban J connectivity index is 1.69. The zero-order valence-corrected chi connectivity index (χ0v) is 19.8. The molecule has 7 heteroatoms. The molecule has 0 saturated heterocycles. The number of fused-ring (bicyclic) bond motifs is 3. The third-order valence-electron chi connectivity index (χ3n) is 6.01. The maximum absolute atomic E-state index is 12.9. The predicted octanol–water partition coefficient (Wildman–Crippen LogP) is 6.17. The van der Waals surface area contributed by atoms with E-state index in [0.29, 0.717) is 22.9 Å². The number of hydrogen-bond acceptors (Lipinski definition) is 4. The number of hydrogen-bond donors (Lipinski definition) is 3. The van der Waals surface area contributed by atoms with Crippen molar-refractivity contribution in [2.45, 2.75) is 27.2 Å². The minimum atomic E-state index is -0.361. The minimum absolute atomic E-state index is 0.361. The average Bonchev–Trinajstić information content (AvgIpc) is 3.22. The molecule has 0 aliphatic rings. The third-order valence-corrected chi connectivity index (χ3v) is 6.01. The number of ether oxygens (including phenoxy) is 3. The van der Waals surface area contributed by atoms with Gasteiger partial charge < -0.3 is 29.8 Å². The summed E-state index contributed by atoms with van der Waals surface area (Å²) in [6.07, 6.45) is 0.949. The quantitative estimate of drug-likeness (QED) is 0.330.